The minimum atomic E-state index is -0.118. The van der Waals surface area contributed by atoms with Crippen LogP contribution in [0.15, 0.2) is 18.2 Å². The Morgan fingerprint density at radius 1 is 1.25 bits per heavy atom. The number of rotatable bonds is 3. The van der Waals surface area contributed by atoms with Gasteiger partial charge in [0.1, 0.15) is 5.82 Å². The predicted octanol–water partition coefficient (Wildman–Crippen LogP) is 3.49. The molecule has 3 heteroatoms. The van der Waals surface area contributed by atoms with E-state index in [2.05, 4.69) is 31.0 Å². The summed E-state index contributed by atoms with van der Waals surface area (Å²) in [5, 5.41) is 3.61. The maximum absolute atomic E-state index is 13.2. The van der Waals surface area contributed by atoms with Crippen LogP contribution in [0.4, 0.5) is 4.39 Å². The van der Waals surface area contributed by atoms with Crippen LogP contribution >= 0.6 is 0 Å². The van der Waals surface area contributed by atoms with E-state index in [0.717, 1.165) is 25.2 Å². The van der Waals surface area contributed by atoms with E-state index >= 15 is 0 Å². The minimum absolute atomic E-state index is 0.118. The highest BCUT2D eigenvalue weighted by atomic mass is 19.1. The van der Waals surface area contributed by atoms with Gasteiger partial charge in [0.2, 0.25) is 0 Å². The van der Waals surface area contributed by atoms with Gasteiger partial charge in [-0.25, -0.2) is 4.39 Å². The third-order valence-corrected chi connectivity index (χ3v) is 4.26. The monoisotopic (exact) mass is 278 g/mol. The molecule has 1 aromatic carbocycles. The van der Waals surface area contributed by atoms with Crippen molar-refractivity contribution in [3.8, 4) is 0 Å². The molecule has 1 aliphatic rings. The van der Waals surface area contributed by atoms with Crippen molar-refractivity contribution in [1.29, 1.82) is 0 Å². The van der Waals surface area contributed by atoms with Crippen molar-refractivity contribution in [2.45, 2.75) is 58.7 Å². The molecule has 0 atom stereocenters. The van der Waals surface area contributed by atoms with Crippen LogP contribution in [0.5, 0.6) is 0 Å². The third-order valence-electron chi connectivity index (χ3n) is 4.26. The molecule has 0 saturated carbocycles. The number of benzene rings is 1. The van der Waals surface area contributed by atoms with E-state index < -0.39 is 0 Å². The smallest absolute Gasteiger partial charge is 0.126 e. The molecule has 112 valence electrons. The normalized spacial score (nSPS) is 18.4. The van der Waals surface area contributed by atoms with Crippen molar-refractivity contribution in [1.82, 2.24) is 10.2 Å². The van der Waals surface area contributed by atoms with Crippen LogP contribution in [-0.4, -0.2) is 29.6 Å². The zero-order chi connectivity index (χ0) is 14.8. The quantitative estimate of drug-likeness (QED) is 0.910. The van der Waals surface area contributed by atoms with E-state index in [-0.39, 0.29) is 11.4 Å². The first-order chi connectivity index (χ1) is 9.36. The van der Waals surface area contributed by atoms with E-state index in [4.69, 9.17) is 0 Å². The number of halogens is 1. The summed E-state index contributed by atoms with van der Waals surface area (Å²) in [4.78, 5) is 2.55. The van der Waals surface area contributed by atoms with Gasteiger partial charge in [-0.2, -0.15) is 0 Å². The maximum atomic E-state index is 13.2. The molecule has 20 heavy (non-hydrogen) atoms. The van der Waals surface area contributed by atoms with Crippen LogP contribution in [0.1, 0.15) is 44.7 Å². The van der Waals surface area contributed by atoms with Crippen molar-refractivity contribution in [2.24, 2.45) is 0 Å². The fraction of sp³-hybridized carbons (Fsp3) is 0.647. The van der Waals surface area contributed by atoms with Gasteiger partial charge in [0.25, 0.3) is 0 Å². The molecule has 0 aromatic heterocycles. The topological polar surface area (TPSA) is 15.3 Å². The second kappa shape index (κ2) is 6.23. The summed E-state index contributed by atoms with van der Waals surface area (Å²) in [5.41, 5.74) is 2.17. The van der Waals surface area contributed by atoms with Gasteiger partial charge < -0.3 is 5.32 Å². The fourth-order valence-electron chi connectivity index (χ4n) is 2.83. The van der Waals surface area contributed by atoms with E-state index in [1.54, 1.807) is 6.07 Å². The van der Waals surface area contributed by atoms with Crippen molar-refractivity contribution in [3.63, 3.8) is 0 Å². The number of hydrogen-bond donors (Lipinski definition) is 1. The van der Waals surface area contributed by atoms with Crippen LogP contribution in [0.3, 0.4) is 0 Å². The Hall–Kier alpha value is -0.930. The Kier molecular flexibility index (Phi) is 4.82. The molecule has 1 fully saturated rings. The zero-order valence-electron chi connectivity index (χ0n) is 13.2. The van der Waals surface area contributed by atoms with Gasteiger partial charge in [-0.3, -0.25) is 4.90 Å². The summed E-state index contributed by atoms with van der Waals surface area (Å²) >= 11 is 0. The number of likely N-dealkylation sites (tertiary alicyclic amines) is 1. The number of piperidine rings is 1. The maximum Gasteiger partial charge on any atom is 0.126 e. The second-order valence-electron chi connectivity index (χ2n) is 6.90. The lowest BCUT2D eigenvalue weighted by atomic mass is 9.98. The van der Waals surface area contributed by atoms with Crippen LogP contribution in [0, 0.1) is 12.7 Å². The standard InChI is InChI=1S/C17H27FN2/c1-13-11-14(5-6-16(13)18)12-19-15-7-9-20(10-8-15)17(2,3)4/h5-6,11,15,19H,7-10,12H2,1-4H3. The summed E-state index contributed by atoms with van der Waals surface area (Å²) in [6.07, 6.45) is 2.38. The molecular formula is C17H27FN2. The van der Waals surface area contributed by atoms with Crippen molar-refractivity contribution < 1.29 is 4.39 Å². The minimum Gasteiger partial charge on any atom is -0.310 e. The van der Waals surface area contributed by atoms with Crippen LogP contribution in [0.25, 0.3) is 0 Å². The molecule has 2 nitrogen and oxygen atoms in total. The van der Waals surface area contributed by atoms with Gasteiger partial charge in [0.05, 0.1) is 0 Å². The fourth-order valence-corrected chi connectivity index (χ4v) is 2.83. The molecule has 2 rings (SSSR count). The van der Waals surface area contributed by atoms with E-state index in [9.17, 15) is 4.39 Å². The van der Waals surface area contributed by atoms with Crippen molar-refractivity contribution >= 4 is 0 Å². The van der Waals surface area contributed by atoms with Crippen LogP contribution < -0.4 is 5.32 Å². The van der Waals surface area contributed by atoms with Gasteiger partial charge in [0.15, 0.2) is 0 Å². The first-order valence-corrected chi connectivity index (χ1v) is 7.60. The number of hydrogen-bond acceptors (Lipinski definition) is 2. The second-order valence-corrected chi connectivity index (χ2v) is 6.90. The van der Waals surface area contributed by atoms with Gasteiger partial charge in [-0.05, 0) is 57.7 Å². The van der Waals surface area contributed by atoms with Crippen molar-refractivity contribution in [3.05, 3.63) is 35.1 Å². The average Bonchev–Trinajstić information content (AvgIpc) is 2.40. The van der Waals surface area contributed by atoms with Crippen molar-refractivity contribution in [2.75, 3.05) is 13.1 Å². The highest BCUT2D eigenvalue weighted by Gasteiger charge is 2.26. The lowest BCUT2D eigenvalue weighted by Gasteiger charge is -2.41. The molecule has 0 unspecified atom stereocenters. The summed E-state index contributed by atoms with van der Waals surface area (Å²) in [6.45, 7) is 11.8. The number of aryl methyl sites for hydroxylation is 1. The predicted molar refractivity (Wildman–Crippen MR) is 82.3 cm³/mol. The first kappa shape index (κ1) is 15.5. The van der Waals surface area contributed by atoms with E-state index in [0.29, 0.717) is 6.04 Å². The molecule has 0 amide bonds. The molecule has 0 radical (unpaired) electrons. The molecule has 1 saturated heterocycles. The highest BCUT2D eigenvalue weighted by molar-refractivity contribution is 5.23. The van der Waals surface area contributed by atoms with Gasteiger partial charge >= 0.3 is 0 Å². The lowest BCUT2D eigenvalue weighted by Crippen LogP contribution is -2.49. The molecule has 1 N–H and O–H groups in total. The molecule has 0 aliphatic carbocycles. The van der Waals surface area contributed by atoms with E-state index in [1.165, 1.54) is 18.4 Å². The summed E-state index contributed by atoms with van der Waals surface area (Å²) < 4.78 is 13.2. The molecule has 1 heterocycles. The molecule has 0 bridgehead atoms. The van der Waals surface area contributed by atoms with E-state index in [1.807, 2.05) is 19.1 Å². The molecular weight excluding hydrogens is 251 g/mol. The summed E-state index contributed by atoms with van der Waals surface area (Å²) in [5.74, 6) is -0.118. The summed E-state index contributed by atoms with van der Waals surface area (Å²) in [7, 11) is 0. The van der Waals surface area contributed by atoms with Gasteiger partial charge in [-0.15, -0.1) is 0 Å². The van der Waals surface area contributed by atoms with Crippen LogP contribution in [0.2, 0.25) is 0 Å². The Bertz CT molecular complexity index is 443. The Morgan fingerprint density at radius 3 is 2.45 bits per heavy atom. The molecule has 0 spiro atoms. The Morgan fingerprint density at radius 2 is 1.90 bits per heavy atom. The van der Waals surface area contributed by atoms with Gasteiger partial charge in [0, 0.05) is 31.2 Å². The zero-order valence-corrected chi connectivity index (χ0v) is 13.2. The third kappa shape index (κ3) is 4.03. The number of nitrogens with zero attached hydrogens (tertiary/aromatic N) is 1. The number of nitrogens with one attached hydrogen (secondary N) is 1. The average molecular weight is 278 g/mol. The van der Waals surface area contributed by atoms with Crippen LogP contribution in [-0.2, 0) is 6.54 Å². The highest BCUT2D eigenvalue weighted by Crippen LogP contribution is 2.20. The molecule has 1 aromatic rings. The summed E-state index contributed by atoms with van der Waals surface area (Å²) in [6, 6.07) is 5.96. The Balaban J connectivity index is 1.80. The molecule has 1 aliphatic heterocycles. The first-order valence-electron chi connectivity index (χ1n) is 7.60. The Labute approximate surface area is 122 Å². The SMILES string of the molecule is Cc1cc(CNC2CCN(C(C)(C)C)CC2)ccc1F. The largest absolute Gasteiger partial charge is 0.310 e. The lowest BCUT2D eigenvalue weighted by molar-refractivity contribution is 0.0960. The van der Waals surface area contributed by atoms with Gasteiger partial charge in [-0.1, -0.05) is 12.1 Å².